The van der Waals surface area contributed by atoms with Gasteiger partial charge in [0.15, 0.2) is 5.82 Å². The number of fused-ring (bicyclic) bond motifs is 1. The number of carbonyl (C=O) groups is 2. The molecule has 0 aliphatic rings. The molecule has 3 aromatic rings. The van der Waals surface area contributed by atoms with E-state index in [0.717, 1.165) is 10.4 Å². The van der Waals surface area contributed by atoms with Gasteiger partial charge in [0.05, 0.1) is 0 Å². The van der Waals surface area contributed by atoms with E-state index in [1.54, 1.807) is 63.2 Å². The Kier molecular flexibility index (Phi) is 5.65. The van der Waals surface area contributed by atoms with Gasteiger partial charge < -0.3 is 15.8 Å². The minimum atomic E-state index is -0.889. The minimum Gasteiger partial charge on any atom is -0.427 e. The number of halogens is 1. The molecule has 0 aliphatic carbocycles. The summed E-state index contributed by atoms with van der Waals surface area (Å²) >= 11 is 5.91. The molecule has 0 saturated carbocycles. The number of nitrogen functional groups attached to an aromatic ring is 1. The average molecular weight is 417 g/mol. The van der Waals surface area contributed by atoms with E-state index in [2.05, 4.69) is 10.4 Å². The summed E-state index contributed by atoms with van der Waals surface area (Å²) in [6.07, 6.45) is -0.889. The van der Waals surface area contributed by atoms with Crippen LogP contribution in [0.2, 0.25) is 5.02 Å². The third-order valence-electron chi connectivity index (χ3n) is 3.83. The molecule has 0 radical (unpaired) electrons. The maximum absolute atomic E-state index is 12.3. The number of carbonyl (C=O) groups excluding carboxylic acids is 2. The van der Waals surface area contributed by atoms with E-state index in [-0.39, 0.29) is 18.3 Å². The van der Waals surface area contributed by atoms with Crippen molar-refractivity contribution in [3.8, 4) is 0 Å². The van der Waals surface area contributed by atoms with Crippen molar-refractivity contribution in [2.45, 2.75) is 32.9 Å². The van der Waals surface area contributed by atoms with E-state index < -0.39 is 11.8 Å². The SMILES string of the molecule is CC(C)(C)OC(=O)On1nc(N)c2cc(CNC(=O)c3cccc(Cl)c3)ccc21. The Bertz CT molecular complexity index is 1070. The number of ether oxygens (including phenoxy) is 1. The van der Waals surface area contributed by atoms with Gasteiger partial charge in [0.1, 0.15) is 11.1 Å². The number of amides is 1. The Balaban J connectivity index is 1.73. The summed E-state index contributed by atoms with van der Waals surface area (Å²) in [6.45, 7) is 5.47. The molecule has 1 aromatic heterocycles. The van der Waals surface area contributed by atoms with Crippen molar-refractivity contribution in [1.82, 2.24) is 15.3 Å². The Hall–Kier alpha value is -3.26. The fraction of sp³-hybridized carbons (Fsp3) is 0.250. The summed E-state index contributed by atoms with van der Waals surface area (Å²) in [5, 5.41) is 7.92. The Morgan fingerprint density at radius 3 is 2.66 bits per heavy atom. The molecule has 1 heterocycles. The molecule has 9 heteroatoms. The van der Waals surface area contributed by atoms with Gasteiger partial charge in [-0.05, 0) is 56.7 Å². The minimum absolute atomic E-state index is 0.187. The van der Waals surface area contributed by atoms with Crippen LogP contribution in [0, 0.1) is 0 Å². The van der Waals surface area contributed by atoms with E-state index in [4.69, 9.17) is 26.9 Å². The van der Waals surface area contributed by atoms with Crippen molar-refractivity contribution >= 4 is 40.4 Å². The molecule has 3 rings (SSSR count). The van der Waals surface area contributed by atoms with Crippen molar-refractivity contribution in [2.75, 3.05) is 5.73 Å². The Morgan fingerprint density at radius 2 is 1.97 bits per heavy atom. The van der Waals surface area contributed by atoms with E-state index in [1.165, 1.54) is 0 Å². The number of nitrogens with zero attached hydrogens (tertiary/aromatic N) is 2. The lowest BCUT2D eigenvalue weighted by atomic mass is 10.1. The summed E-state index contributed by atoms with van der Waals surface area (Å²) in [7, 11) is 0. The number of rotatable bonds is 4. The van der Waals surface area contributed by atoms with Crippen LogP contribution in [0.15, 0.2) is 42.5 Å². The van der Waals surface area contributed by atoms with Gasteiger partial charge in [-0.15, -0.1) is 5.10 Å². The van der Waals surface area contributed by atoms with Crippen molar-refractivity contribution in [1.29, 1.82) is 0 Å². The predicted molar refractivity (Wildman–Crippen MR) is 110 cm³/mol. The number of benzene rings is 2. The lowest BCUT2D eigenvalue weighted by Gasteiger charge is -2.18. The number of hydrogen-bond acceptors (Lipinski definition) is 6. The molecule has 0 unspecified atom stereocenters. The van der Waals surface area contributed by atoms with Gasteiger partial charge >= 0.3 is 6.16 Å². The highest BCUT2D eigenvalue weighted by atomic mass is 35.5. The molecular weight excluding hydrogens is 396 g/mol. The van der Waals surface area contributed by atoms with Crippen LogP contribution in [0.25, 0.3) is 10.9 Å². The normalized spacial score (nSPS) is 11.3. The Labute approximate surface area is 172 Å². The van der Waals surface area contributed by atoms with Crippen LogP contribution in [-0.2, 0) is 11.3 Å². The quantitative estimate of drug-likeness (QED) is 0.629. The third-order valence-corrected chi connectivity index (χ3v) is 4.07. The first kappa shape index (κ1) is 20.5. The third kappa shape index (κ3) is 5.17. The highest BCUT2D eigenvalue weighted by molar-refractivity contribution is 6.30. The summed E-state index contributed by atoms with van der Waals surface area (Å²) in [5.41, 5.74) is 7.02. The maximum atomic E-state index is 12.3. The number of nitrogens with one attached hydrogen (secondary N) is 1. The van der Waals surface area contributed by atoms with Gasteiger partial charge in [0, 0.05) is 22.5 Å². The molecule has 3 N–H and O–H groups in total. The molecule has 0 aliphatic heterocycles. The maximum Gasteiger partial charge on any atom is 0.535 e. The topological polar surface area (TPSA) is 108 Å². The molecule has 152 valence electrons. The first-order chi connectivity index (χ1) is 13.6. The van der Waals surface area contributed by atoms with Gasteiger partial charge in [-0.2, -0.15) is 0 Å². The number of nitrogens with two attached hydrogens (primary N) is 1. The first-order valence-electron chi connectivity index (χ1n) is 8.84. The Morgan fingerprint density at radius 1 is 1.21 bits per heavy atom. The highest BCUT2D eigenvalue weighted by Crippen LogP contribution is 2.22. The van der Waals surface area contributed by atoms with Crippen LogP contribution < -0.4 is 15.9 Å². The predicted octanol–water partition coefficient (Wildman–Crippen LogP) is 3.57. The molecule has 0 spiro atoms. The van der Waals surface area contributed by atoms with Crippen LogP contribution in [0.3, 0.4) is 0 Å². The van der Waals surface area contributed by atoms with E-state index in [1.807, 2.05) is 0 Å². The molecule has 0 fully saturated rings. The molecule has 2 aromatic carbocycles. The second kappa shape index (κ2) is 8.00. The first-order valence-corrected chi connectivity index (χ1v) is 9.22. The molecule has 0 saturated heterocycles. The second-order valence-electron chi connectivity index (χ2n) is 7.36. The summed E-state index contributed by atoms with van der Waals surface area (Å²) in [5.74, 6) is -0.0592. The second-order valence-corrected chi connectivity index (χ2v) is 7.79. The highest BCUT2D eigenvalue weighted by Gasteiger charge is 2.20. The summed E-state index contributed by atoms with van der Waals surface area (Å²) in [4.78, 5) is 30.3. The molecule has 1 amide bonds. The lowest BCUT2D eigenvalue weighted by molar-refractivity contribution is -0.0146. The van der Waals surface area contributed by atoms with Gasteiger partial charge in [0.25, 0.3) is 5.91 Å². The number of hydrogen-bond donors (Lipinski definition) is 2. The van der Waals surface area contributed by atoms with E-state index in [9.17, 15) is 9.59 Å². The fourth-order valence-corrected chi connectivity index (χ4v) is 2.78. The molecule has 8 nitrogen and oxygen atoms in total. The van der Waals surface area contributed by atoms with Crippen LogP contribution in [0.1, 0.15) is 36.7 Å². The fourth-order valence-electron chi connectivity index (χ4n) is 2.59. The molecule has 0 bridgehead atoms. The number of anilines is 1. The van der Waals surface area contributed by atoms with Crippen LogP contribution in [0.5, 0.6) is 0 Å². The van der Waals surface area contributed by atoms with Gasteiger partial charge in [-0.1, -0.05) is 28.6 Å². The van der Waals surface area contributed by atoms with Crippen LogP contribution in [0.4, 0.5) is 10.6 Å². The smallest absolute Gasteiger partial charge is 0.427 e. The molecule has 0 atom stereocenters. The zero-order valence-electron chi connectivity index (χ0n) is 16.2. The van der Waals surface area contributed by atoms with E-state index >= 15 is 0 Å². The van der Waals surface area contributed by atoms with Crippen molar-refractivity contribution in [3.05, 3.63) is 58.6 Å². The largest absolute Gasteiger partial charge is 0.535 e. The average Bonchev–Trinajstić information content (AvgIpc) is 2.93. The van der Waals surface area contributed by atoms with Crippen molar-refractivity contribution < 1.29 is 19.2 Å². The van der Waals surface area contributed by atoms with Crippen molar-refractivity contribution in [2.24, 2.45) is 0 Å². The standard InChI is InChI=1S/C20H21ClN4O4/c1-20(2,3)28-19(27)29-25-16-8-7-12(9-15(16)17(22)24-25)11-23-18(26)13-5-4-6-14(21)10-13/h4-10H,11H2,1-3H3,(H2,22,24)(H,23,26). The lowest BCUT2D eigenvalue weighted by Crippen LogP contribution is -2.30. The zero-order chi connectivity index (χ0) is 21.2. The number of aromatic nitrogens is 2. The summed E-state index contributed by atoms with van der Waals surface area (Å²) < 4.78 is 5.12. The van der Waals surface area contributed by atoms with Gasteiger partial charge in [0.2, 0.25) is 0 Å². The monoisotopic (exact) mass is 416 g/mol. The molecule has 29 heavy (non-hydrogen) atoms. The van der Waals surface area contributed by atoms with Gasteiger partial charge in [-0.3, -0.25) is 9.63 Å². The van der Waals surface area contributed by atoms with Crippen LogP contribution >= 0.6 is 11.6 Å². The van der Waals surface area contributed by atoms with Crippen LogP contribution in [-0.4, -0.2) is 27.6 Å². The molecular formula is C20H21ClN4O4. The van der Waals surface area contributed by atoms with Gasteiger partial charge in [-0.25, -0.2) is 4.79 Å². The summed E-state index contributed by atoms with van der Waals surface area (Å²) in [6, 6.07) is 11.9. The van der Waals surface area contributed by atoms with E-state index in [0.29, 0.717) is 21.5 Å². The van der Waals surface area contributed by atoms with Crippen molar-refractivity contribution in [3.63, 3.8) is 0 Å². The zero-order valence-corrected chi connectivity index (χ0v) is 17.0.